The van der Waals surface area contributed by atoms with E-state index in [1.165, 1.54) is 0 Å². The lowest BCUT2D eigenvalue weighted by atomic mass is 10.1. The zero-order valence-electron chi connectivity index (χ0n) is 11.6. The first-order valence-electron chi connectivity index (χ1n) is 6.95. The maximum Gasteiger partial charge on any atom is 0.530 e. The third-order valence-corrected chi connectivity index (χ3v) is 4.72. The Morgan fingerprint density at radius 3 is 2.43 bits per heavy atom. The molecule has 2 aromatic carbocycles. The molecule has 0 aliphatic carbocycles. The quantitative estimate of drug-likeness (QED) is 0.793. The molecule has 2 atom stereocenters. The van der Waals surface area contributed by atoms with Crippen LogP contribution in [0.2, 0.25) is 0 Å². The second-order valence-electron chi connectivity index (χ2n) is 4.89. The molecule has 0 bridgehead atoms. The fourth-order valence-corrected chi connectivity index (χ4v) is 3.65. The highest BCUT2D eigenvalue weighted by Crippen LogP contribution is 2.53. The second-order valence-corrected chi connectivity index (χ2v) is 6.44. The van der Waals surface area contributed by atoms with Crippen LogP contribution in [0.3, 0.4) is 0 Å². The number of hydrogen-bond acceptors (Lipinski definition) is 4. The van der Waals surface area contributed by atoms with Crippen molar-refractivity contribution in [2.45, 2.75) is 18.9 Å². The van der Waals surface area contributed by atoms with Crippen LogP contribution in [0.1, 0.15) is 12.0 Å². The van der Waals surface area contributed by atoms with Crippen LogP contribution in [0.5, 0.6) is 5.75 Å². The second kappa shape index (κ2) is 6.44. The molecule has 5 heteroatoms. The van der Waals surface area contributed by atoms with Crippen molar-refractivity contribution in [3.05, 3.63) is 66.2 Å². The van der Waals surface area contributed by atoms with Crippen molar-refractivity contribution >= 4 is 7.82 Å². The van der Waals surface area contributed by atoms with Gasteiger partial charge in [-0.3, -0.25) is 9.05 Å². The summed E-state index contributed by atoms with van der Waals surface area (Å²) in [5, 5.41) is 0. The molecule has 110 valence electrons. The van der Waals surface area contributed by atoms with Crippen LogP contribution >= 0.6 is 7.82 Å². The van der Waals surface area contributed by atoms with Crippen molar-refractivity contribution in [2.24, 2.45) is 0 Å². The van der Waals surface area contributed by atoms with Gasteiger partial charge in [0.25, 0.3) is 0 Å². The molecule has 1 fully saturated rings. The molecule has 1 saturated heterocycles. The number of para-hydroxylation sites is 1. The Morgan fingerprint density at radius 1 is 1.05 bits per heavy atom. The molecule has 1 aliphatic heterocycles. The SMILES string of the molecule is [17O]=[P@@]1(Oc2ccccc2)OCC[C@H](Cc2ccccc2)O1. The Labute approximate surface area is 124 Å². The molecular weight excluding hydrogens is 288 g/mol. The third-order valence-electron chi connectivity index (χ3n) is 3.23. The highest BCUT2D eigenvalue weighted by atomic mass is 31.2. The van der Waals surface area contributed by atoms with Gasteiger partial charge in [0.1, 0.15) is 5.75 Å². The van der Waals surface area contributed by atoms with Gasteiger partial charge >= 0.3 is 7.82 Å². The molecular formula is C16H17O4P. The van der Waals surface area contributed by atoms with Crippen molar-refractivity contribution in [3.8, 4) is 5.75 Å². The number of hydrogen-bond donors (Lipinski definition) is 0. The van der Waals surface area contributed by atoms with Crippen LogP contribution in [-0.2, 0) is 20.0 Å². The maximum absolute atomic E-state index is 12.5. The molecule has 0 radical (unpaired) electrons. The van der Waals surface area contributed by atoms with E-state index in [0.29, 0.717) is 25.2 Å². The van der Waals surface area contributed by atoms with Crippen molar-refractivity contribution in [3.63, 3.8) is 0 Å². The van der Waals surface area contributed by atoms with Gasteiger partial charge in [-0.05, 0) is 30.5 Å². The van der Waals surface area contributed by atoms with Gasteiger partial charge in [0.15, 0.2) is 0 Å². The fraction of sp³-hybridized carbons (Fsp3) is 0.250. The van der Waals surface area contributed by atoms with Crippen LogP contribution in [0.25, 0.3) is 0 Å². The molecule has 0 N–H and O–H groups in total. The molecule has 4 nitrogen and oxygen atoms in total. The van der Waals surface area contributed by atoms with Crippen LogP contribution in [-0.4, -0.2) is 12.7 Å². The lowest BCUT2D eigenvalue weighted by molar-refractivity contribution is 0.0518. The first-order chi connectivity index (χ1) is 10.2. The third kappa shape index (κ3) is 3.94. The van der Waals surface area contributed by atoms with E-state index >= 15 is 0 Å². The van der Waals surface area contributed by atoms with Gasteiger partial charge in [0.05, 0.1) is 12.7 Å². The van der Waals surface area contributed by atoms with Crippen molar-refractivity contribution in [1.82, 2.24) is 0 Å². The Bertz CT molecular complexity index is 615. The first kappa shape index (κ1) is 14.3. The van der Waals surface area contributed by atoms with Gasteiger partial charge in [0, 0.05) is 0 Å². The molecule has 0 unspecified atom stereocenters. The highest BCUT2D eigenvalue weighted by molar-refractivity contribution is 7.49. The van der Waals surface area contributed by atoms with Crippen molar-refractivity contribution in [2.75, 3.05) is 6.61 Å². The van der Waals surface area contributed by atoms with E-state index in [2.05, 4.69) is 0 Å². The van der Waals surface area contributed by atoms with Crippen molar-refractivity contribution in [1.29, 1.82) is 0 Å². The summed E-state index contributed by atoms with van der Waals surface area (Å²) in [5.41, 5.74) is 1.15. The van der Waals surface area contributed by atoms with Crippen LogP contribution < -0.4 is 4.52 Å². The minimum Gasteiger partial charge on any atom is -0.404 e. The van der Waals surface area contributed by atoms with Gasteiger partial charge in [-0.2, -0.15) is 0 Å². The van der Waals surface area contributed by atoms with E-state index in [-0.39, 0.29) is 6.10 Å². The molecule has 0 spiro atoms. The van der Waals surface area contributed by atoms with E-state index in [0.717, 1.165) is 5.56 Å². The lowest BCUT2D eigenvalue weighted by Crippen LogP contribution is -2.24. The summed E-state index contributed by atoms with van der Waals surface area (Å²) in [6, 6.07) is 18.9. The monoisotopic (exact) mass is 305 g/mol. The summed E-state index contributed by atoms with van der Waals surface area (Å²) in [6.45, 7) is 0.377. The predicted octanol–water partition coefficient (Wildman–Crippen LogP) is 4.22. The average molecular weight is 305 g/mol. The predicted molar refractivity (Wildman–Crippen MR) is 80.3 cm³/mol. The molecule has 0 saturated carbocycles. The largest absolute Gasteiger partial charge is 0.530 e. The Balaban J connectivity index is 1.66. The fourth-order valence-electron chi connectivity index (χ4n) is 2.24. The zero-order chi connectivity index (χ0) is 14.5. The summed E-state index contributed by atoms with van der Waals surface area (Å²) in [5.74, 6) is 0.487. The van der Waals surface area contributed by atoms with Gasteiger partial charge in [-0.1, -0.05) is 48.5 Å². The molecule has 2 aromatic rings. The Morgan fingerprint density at radius 2 is 1.71 bits per heavy atom. The van der Waals surface area contributed by atoms with Gasteiger partial charge < -0.3 is 4.52 Å². The molecule has 1 aliphatic rings. The molecule has 0 aromatic heterocycles. The number of phosphoric ester groups is 1. The molecule has 1 heterocycles. The van der Waals surface area contributed by atoms with Gasteiger partial charge in [-0.15, -0.1) is 0 Å². The molecule has 3 rings (SSSR count). The first-order valence-corrected chi connectivity index (χ1v) is 8.41. The number of rotatable bonds is 4. The number of phosphoric acid groups is 1. The number of benzene rings is 2. The summed E-state index contributed by atoms with van der Waals surface area (Å²) >= 11 is 0. The topological polar surface area (TPSA) is 44.8 Å². The van der Waals surface area contributed by atoms with E-state index in [1.807, 2.05) is 48.5 Å². The Kier molecular flexibility index (Phi) is 4.39. The van der Waals surface area contributed by atoms with E-state index in [9.17, 15) is 4.57 Å². The van der Waals surface area contributed by atoms with Gasteiger partial charge in [-0.25, -0.2) is 4.57 Å². The highest BCUT2D eigenvalue weighted by Gasteiger charge is 2.36. The van der Waals surface area contributed by atoms with E-state index in [4.69, 9.17) is 13.6 Å². The van der Waals surface area contributed by atoms with E-state index in [1.54, 1.807) is 12.1 Å². The summed E-state index contributed by atoms with van der Waals surface area (Å²) in [6.07, 6.45) is 1.25. The Hall–Kier alpha value is -1.61. The minimum atomic E-state index is -3.53. The summed E-state index contributed by atoms with van der Waals surface area (Å²) in [7, 11) is -3.53. The van der Waals surface area contributed by atoms with Gasteiger partial charge in [0.2, 0.25) is 0 Å². The minimum absolute atomic E-state index is 0.157. The van der Waals surface area contributed by atoms with Crippen LogP contribution in [0.4, 0.5) is 0 Å². The lowest BCUT2D eigenvalue weighted by Gasteiger charge is -2.28. The molecule has 21 heavy (non-hydrogen) atoms. The maximum atomic E-state index is 12.5. The van der Waals surface area contributed by atoms with Crippen molar-refractivity contribution < 1.29 is 18.1 Å². The van der Waals surface area contributed by atoms with E-state index < -0.39 is 7.82 Å². The van der Waals surface area contributed by atoms with Crippen LogP contribution in [0.15, 0.2) is 60.7 Å². The standard InChI is InChI=1S/C16H17O4P/c17-21(19-15-9-5-2-6-10-15)18-12-11-16(20-21)13-14-7-3-1-4-8-14/h1-10,16H,11-13H2/t16-,21+/m1/s1/i17+1. The summed E-state index contributed by atoms with van der Waals surface area (Å²) in [4.78, 5) is 0. The summed E-state index contributed by atoms with van der Waals surface area (Å²) < 4.78 is 28.8. The normalized spacial score (nSPS) is 25.4. The smallest absolute Gasteiger partial charge is 0.404 e. The molecule has 0 amide bonds. The zero-order valence-corrected chi connectivity index (χ0v) is 12.4. The van der Waals surface area contributed by atoms with Crippen LogP contribution in [0, 0.1) is 0 Å². The average Bonchev–Trinajstić information content (AvgIpc) is 2.49.